The Bertz CT molecular complexity index is 507. The van der Waals surface area contributed by atoms with Gasteiger partial charge in [-0.2, -0.15) is 0 Å². The maximum atomic E-state index is 12.1. The highest BCUT2D eigenvalue weighted by molar-refractivity contribution is 6.32. The van der Waals surface area contributed by atoms with Gasteiger partial charge in [0.25, 0.3) is 5.91 Å². The molecule has 1 aromatic carbocycles. The predicted octanol–water partition coefficient (Wildman–Crippen LogP) is 2.95. The Morgan fingerprint density at radius 3 is 2.77 bits per heavy atom. The molecule has 1 N–H and O–H groups in total. The van der Waals surface area contributed by atoms with Crippen LogP contribution in [0, 0.1) is 5.92 Å². The van der Waals surface area contributed by atoms with Crippen LogP contribution in [-0.2, 0) is 4.79 Å². The zero-order chi connectivity index (χ0) is 16.1. The summed E-state index contributed by atoms with van der Waals surface area (Å²) in [6, 6.07) is 7.76. The first-order chi connectivity index (χ1) is 10.5. The Kier molecular flexibility index (Phi) is 6.09. The SMILES string of the molecule is CC(C)N1CC[C@@H](CNC(=O)[C@@H](C)Oc2ccccc2Cl)C1. The van der Waals surface area contributed by atoms with Crippen molar-refractivity contribution in [2.45, 2.75) is 39.3 Å². The largest absolute Gasteiger partial charge is 0.479 e. The van der Waals surface area contributed by atoms with Gasteiger partial charge in [-0.15, -0.1) is 0 Å². The molecule has 0 aliphatic carbocycles. The highest BCUT2D eigenvalue weighted by Crippen LogP contribution is 2.24. The molecule has 1 amide bonds. The fourth-order valence-electron chi connectivity index (χ4n) is 2.67. The maximum Gasteiger partial charge on any atom is 0.260 e. The zero-order valence-electron chi connectivity index (χ0n) is 13.5. The number of halogens is 1. The number of hydrogen-bond acceptors (Lipinski definition) is 3. The first-order valence-corrected chi connectivity index (χ1v) is 8.28. The molecule has 22 heavy (non-hydrogen) atoms. The normalized spacial score (nSPS) is 20.1. The third kappa shape index (κ3) is 4.62. The van der Waals surface area contributed by atoms with Gasteiger partial charge in [-0.1, -0.05) is 23.7 Å². The average molecular weight is 325 g/mol. The summed E-state index contributed by atoms with van der Waals surface area (Å²) in [6.07, 6.45) is 0.584. The molecule has 2 rings (SSSR count). The van der Waals surface area contributed by atoms with Crippen LogP contribution in [0.1, 0.15) is 27.2 Å². The molecule has 4 nitrogen and oxygen atoms in total. The molecule has 1 aromatic rings. The summed E-state index contributed by atoms with van der Waals surface area (Å²) >= 11 is 6.04. The lowest BCUT2D eigenvalue weighted by Gasteiger charge is -2.21. The fraction of sp³-hybridized carbons (Fsp3) is 0.588. The van der Waals surface area contributed by atoms with Crippen molar-refractivity contribution in [1.29, 1.82) is 0 Å². The van der Waals surface area contributed by atoms with E-state index in [9.17, 15) is 4.79 Å². The summed E-state index contributed by atoms with van der Waals surface area (Å²) < 4.78 is 5.63. The molecule has 1 heterocycles. The van der Waals surface area contributed by atoms with Crippen LogP contribution >= 0.6 is 11.6 Å². The lowest BCUT2D eigenvalue weighted by molar-refractivity contribution is -0.127. The molecule has 122 valence electrons. The van der Waals surface area contributed by atoms with Crippen LogP contribution in [0.3, 0.4) is 0 Å². The van der Waals surface area contributed by atoms with Crippen LogP contribution < -0.4 is 10.1 Å². The minimum Gasteiger partial charge on any atom is -0.479 e. The number of ether oxygens (including phenoxy) is 1. The Morgan fingerprint density at radius 2 is 2.14 bits per heavy atom. The quantitative estimate of drug-likeness (QED) is 0.874. The number of amides is 1. The minimum absolute atomic E-state index is 0.0945. The first kappa shape index (κ1) is 17.1. The van der Waals surface area contributed by atoms with E-state index in [1.807, 2.05) is 12.1 Å². The fourth-order valence-corrected chi connectivity index (χ4v) is 2.85. The van der Waals surface area contributed by atoms with Crippen LogP contribution in [0.4, 0.5) is 0 Å². The monoisotopic (exact) mass is 324 g/mol. The standard InChI is InChI=1S/C17H25ClN2O2/c1-12(2)20-9-8-14(11-20)10-19-17(21)13(3)22-16-7-5-4-6-15(16)18/h4-7,12-14H,8-11H2,1-3H3,(H,19,21)/t13-,14+/m1/s1. The summed E-state index contributed by atoms with van der Waals surface area (Å²) in [6.45, 7) is 9.04. The van der Waals surface area contributed by atoms with Gasteiger partial charge in [0.15, 0.2) is 6.10 Å². The molecule has 0 spiro atoms. The molecule has 0 bridgehead atoms. The molecule has 1 aliphatic rings. The van der Waals surface area contributed by atoms with Gasteiger partial charge < -0.3 is 15.0 Å². The summed E-state index contributed by atoms with van der Waals surface area (Å²) in [4.78, 5) is 14.6. The van der Waals surface area contributed by atoms with Crippen LogP contribution in [0.2, 0.25) is 5.02 Å². The van der Waals surface area contributed by atoms with Gasteiger partial charge >= 0.3 is 0 Å². The van der Waals surface area contributed by atoms with E-state index in [0.717, 1.165) is 19.5 Å². The minimum atomic E-state index is -0.553. The Morgan fingerprint density at radius 1 is 1.41 bits per heavy atom. The Balaban J connectivity index is 1.77. The van der Waals surface area contributed by atoms with Crippen molar-refractivity contribution < 1.29 is 9.53 Å². The third-order valence-corrected chi connectivity index (χ3v) is 4.43. The summed E-state index contributed by atoms with van der Waals surface area (Å²) in [5, 5.41) is 3.51. The molecular weight excluding hydrogens is 300 g/mol. The number of nitrogens with zero attached hydrogens (tertiary/aromatic N) is 1. The highest BCUT2D eigenvalue weighted by atomic mass is 35.5. The van der Waals surface area contributed by atoms with Gasteiger partial charge in [-0.3, -0.25) is 4.79 Å². The highest BCUT2D eigenvalue weighted by Gasteiger charge is 2.25. The molecular formula is C17H25ClN2O2. The molecule has 0 unspecified atom stereocenters. The van der Waals surface area contributed by atoms with Crippen LogP contribution in [0.5, 0.6) is 5.75 Å². The Hall–Kier alpha value is -1.26. The van der Waals surface area contributed by atoms with Crippen LogP contribution in [-0.4, -0.2) is 42.6 Å². The van der Waals surface area contributed by atoms with E-state index in [-0.39, 0.29) is 5.91 Å². The average Bonchev–Trinajstić information content (AvgIpc) is 2.96. The second kappa shape index (κ2) is 7.84. The molecule has 5 heteroatoms. The van der Waals surface area contributed by atoms with E-state index in [1.54, 1.807) is 19.1 Å². The van der Waals surface area contributed by atoms with E-state index in [4.69, 9.17) is 16.3 Å². The van der Waals surface area contributed by atoms with Crippen molar-refractivity contribution >= 4 is 17.5 Å². The molecule has 1 saturated heterocycles. The number of rotatable bonds is 6. The van der Waals surface area contributed by atoms with E-state index < -0.39 is 6.10 Å². The van der Waals surface area contributed by atoms with Crippen molar-refractivity contribution in [2.24, 2.45) is 5.92 Å². The number of carbonyl (C=O) groups is 1. The van der Waals surface area contributed by atoms with E-state index in [1.165, 1.54) is 0 Å². The van der Waals surface area contributed by atoms with Gasteiger partial charge in [0.2, 0.25) is 0 Å². The zero-order valence-corrected chi connectivity index (χ0v) is 14.3. The van der Waals surface area contributed by atoms with Crippen molar-refractivity contribution in [3.63, 3.8) is 0 Å². The number of para-hydroxylation sites is 1. The number of hydrogen-bond donors (Lipinski definition) is 1. The van der Waals surface area contributed by atoms with E-state index in [0.29, 0.717) is 29.3 Å². The number of nitrogens with one attached hydrogen (secondary N) is 1. The smallest absolute Gasteiger partial charge is 0.260 e. The lowest BCUT2D eigenvalue weighted by Crippen LogP contribution is -2.39. The number of benzene rings is 1. The Labute approximate surface area is 137 Å². The van der Waals surface area contributed by atoms with Gasteiger partial charge in [-0.25, -0.2) is 0 Å². The van der Waals surface area contributed by atoms with E-state index >= 15 is 0 Å². The molecule has 0 aromatic heterocycles. The van der Waals surface area contributed by atoms with Gasteiger partial charge in [0.05, 0.1) is 5.02 Å². The number of likely N-dealkylation sites (tertiary alicyclic amines) is 1. The van der Waals surface area contributed by atoms with Gasteiger partial charge in [0.1, 0.15) is 5.75 Å². The molecule has 1 aliphatic heterocycles. The lowest BCUT2D eigenvalue weighted by atomic mass is 10.1. The predicted molar refractivity (Wildman–Crippen MR) is 89.4 cm³/mol. The topological polar surface area (TPSA) is 41.6 Å². The van der Waals surface area contributed by atoms with Crippen molar-refractivity contribution in [2.75, 3.05) is 19.6 Å². The summed E-state index contributed by atoms with van der Waals surface area (Å²) in [5.41, 5.74) is 0. The molecule has 1 fully saturated rings. The van der Waals surface area contributed by atoms with Crippen molar-refractivity contribution in [1.82, 2.24) is 10.2 Å². The third-order valence-electron chi connectivity index (χ3n) is 4.12. The second-order valence-corrected chi connectivity index (χ2v) is 6.59. The first-order valence-electron chi connectivity index (χ1n) is 7.90. The van der Waals surface area contributed by atoms with Crippen LogP contribution in [0.15, 0.2) is 24.3 Å². The number of carbonyl (C=O) groups excluding carboxylic acids is 1. The summed E-state index contributed by atoms with van der Waals surface area (Å²) in [7, 11) is 0. The maximum absolute atomic E-state index is 12.1. The summed E-state index contributed by atoms with van der Waals surface area (Å²) in [5.74, 6) is 0.973. The van der Waals surface area contributed by atoms with Crippen molar-refractivity contribution in [3.05, 3.63) is 29.3 Å². The molecule has 0 radical (unpaired) electrons. The van der Waals surface area contributed by atoms with E-state index in [2.05, 4.69) is 24.1 Å². The molecule has 2 atom stereocenters. The molecule has 0 saturated carbocycles. The second-order valence-electron chi connectivity index (χ2n) is 6.18. The van der Waals surface area contributed by atoms with Crippen molar-refractivity contribution in [3.8, 4) is 5.75 Å². The van der Waals surface area contributed by atoms with Crippen LogP contribution in [0.25, 0.3) is 0 Å². The van der Waals surface area contributed by atoms with Gasteiger partial charge in [-0.05, 0) is 51.8 Å². The van der Waals surface area contributed by atoms with Gasteiger partial charge in [0, 0.05) is 19.1 Å².